The number of carbonyl (C=O) groups is 1. The lowest BCUT2D eigenvalue weighted by Crippen LogP contribution is -2.42. The third-order valence-electron chi connectivity index (χ3n) is 4.87. The van der Waals surface area contributed by atoms with Gasteiger partial charge in [0.2, 0.25) is 14.2 Å². The zero-order valence-corrected chi connectivity index (χ0v) is 19.0. The van der Waals surface area contributed by atoms with E-state index in [0.717, 1.165) is 16.9 Å². The first kappa shape index (κ1) is 20.2. The van der Waals surface area contributed by atoms with Crippen molar-refractivity contribution in [2.45, 2.75) is 79.3 Å². The second-order valence-corrected chi connectivity index (χ2v) is 16.0. The third-order valence-corrected chi connectivity index (χ3v) is 11.6. The average Bonchev–Trinajstić information content (AvgIpc) is 2.95. The van der Waals surface area contributed by atoms with Crippen LogP contribution in [0, 0.1) is 5.41 Å². The Kier molecular flexibility index (Phi) is 5.08. The minimum Gasteiger partial charge on any atom is -0.544 e. The van der Waals surface area contributed by atoms with Crippen LogP contribution in [0.3, 0.4) is 0 Å². The van der Waals surface area contributed by atoms with Crippen molar-refractivity contribution in [1.82, 2.24) is 4.78 Å². The van der Waals surface area contributed by atoms with Crippen LogP contribution >= 0.6 is 8.07 Å². The number of allylic oxidation sites excluding steroid dienone is 1. The molecule has 0 spiro atoms. The van der Waals surface area contributed by atoms with Crippen LogP contribution < -0.4 is 0 Å². The molecule has 2 atom stereocenters. The third kappa shape index (κ3) is 3.72. The van der Waals surface area contributed by atoms with Gasteiger partial charge in [-0.2, -0.15) is 10.2 Å². The summed E-state index contributed by atoms with van der Waals surface area (Å²) in [5.41, 5.74) is 1.44. The molecule has 2 aliphatic heterocycles. The largest absolute Gasteiger partial charge is 0.544 e. The van der Waals surface area contributed by atoms with Crippen molar-refractivity contribution in [2.75, 3.05) is 0 Å². The fourth-order valence-electron chi connectivity index (χ4n) is 2.34. The lowest BCUT2D eigenvalue weighted by Gasteiger charge is -2.41. The maximum atomic E-state index is 12.1. The molecule has 0 aromatic heterocycles. The maximum absolute atomic E-state index is 12.1. The first-order chi connectivity index (χ1) is 11.2. The Bertz CT molecular complexity index is 671. The summed E-state index contributed by atoms with van der Waals surface area (Å²) >= 11 is 0. The SMILES string of the molecule is CC(=O)N1N=C(C)[C@@H]2N=N/C(=C(\O[Si](C)(C)C(C)(C)C)C(C)(C)C)P21. The van der Waals surface area contributed by atoms with E-state index in [1.807, 2.05) is 6.92 Å². The lowest BCUT2D eigenvalue weighted by atomic mass is 9.94. The molecule has 8 heteroatoms. The molecule has 2 aliphatic rings. The molecule has 0 saturated heterocycles. The monoisotopic (exact) mass is 382 g/mol. The Hall–Kier alpha value is -1.07. The summed E-state index contributed by atoms with van der Waals surface area (Å²) in [5.74, 6) is 0.667. The minimum atomic E-state index is -2.05. The van der Waals surface area contributed by atoms with E-state index >= 15 is 0 Å². The molecule has 140 valence electrons. The molecule has 25 heavy (non-hydrogen) atoms. The molecule has 0 radical (unpaired) electrons. The van der Waals surface area contributed by atoms with Crippen LogP contribution in [0.25, 0.3) is 0 Å². The highest BCUT2D eigenvalue weighted by Crippen LogP contribution is 2.64. The normalized spacial score (nSPS) is 25.8. The van der Waals surface area contributed by atoms with Crippen LogP contribution in [0.1, 0.15) is 55.4 Å². The Balaban J connectivity index is 2.55. The van der Waals surface area contributed by atoms with Crippen LogP contribution in [-0.2, 0) is 9.22 Å². The molecule has 0 N–H and O–H groups in total. The van der Waals surface area contributed by atoms with Gasteiger partial charge in [-0.1, -0.05) is 41.5 Å². The van der Waals surface area contributed by atoms with E-state index in [-0.39, 0.29) is 22.1 Å². The van der Waals surface area contributed by atoms with E-state index in [1.165, 1.54) is 0 Å². The fourth-order valence-corrected chi connectivity index (χ4v) is 6.09. The number of azo groups is 1. The number of amides is 1. The zero-order valence-electron chi connectivity index (χ0n) is 17.1. The molecular formula is C17H31N4O2PSi. The van der Waals surface area contributed by atoms with Crippen molar-refractivity contribution in [3.8, 4) is 0 Å². The van der Waals surface area contributed by atoms with Gasteiger partial charge < -0.3 is 4.43 Å². The minimum absolute atomic E-state index is 0.0710. The highest BCUT2D eigenvalue weighted by molar-refractivity contribution is 7.62. The van der Waals surface area contributed by atoms with Crippen molar-refractivity contribution in [3.05, 3.63) is 11.2 Å². The van der Waals surface area contributed by atoms with Crippen molar-refractivity contribution < 1.29 is 9.22 Å². The van der Waals surface area contributed by atoms with Gasteiger partial charge in [0, 0.05) is 12.3 Å². The first-order valence-corrected chi connectivity index (χ1v) is 12.9. The predicted molar refractivity (Wildman–Crippen MR) is 106 cm³/mol. The smallest absolute Gasteiger partial charge is 0.250 e. The van der Waals surface area contributed by atoms with Gasteiger partial charge in [0.15, 0.2) is 5.78 Å². The number of fused-ring (bicyclic) bond motifs is 1. The summed E-state index contributed by atoms with van der Waals surface area (Å²) in [6.07, 6.45) is 0. The predicted octanol–water partition coefficient (Wildman–Crippen LogP) is 5.65. The molecule has 1 unspecified atom stereocenters. The number of hydrogen-bond acceptors (Lipinski definition) is 5. The van der Waals surface area contributed by atoms with Gasteiger partial charge in [-0.25, -0.2) is 4.78 Å². The van der Waals surface area contributed by atoms with Crippen LogP contribution in [-0.4, -0.2) is 30.5 Å². The summed E-state index contributed by atoms with van der Waals surface area (Å²) in [6.45, 7) is 21.0. The van der Waals surface area contributed by atoms with E-state index in [4.69, 9.17) is 4.43 Å². The molecule has 2 heterocycles. The number of hydrazone groups is 1. The van der Waals surface area contributed by atoms with Crippen LogP contribution in [0.5, 0.6) is 0 Å². The van der Waals surface area contributed by atoms with E-state index in [1.54, 1.807) is 11.7 Å². The maximum Gasteiger partial charge on any atom is 0.250 e. The molecule has 1 amide bonds. The second kappa shape index (κ2) is 6.27. The van der Waals surface area contributed by atoms with Crippen molar-refractivity contribution in [2.24, 2.45) is 20.7 Å². The Labute approximate surface area is 153 Å². The van der Waals surface area contributed by atoms with E-state index in [2.05, 4.69) is 70.0 Å². The molecule has 0 bridgehead atoms. The van der Waals surface area contributed by atoms with Crippen LogP contribution in [0.15, 0.2) is 26.5 Å². The highest BCUT2D eigenvalue weighted by atomic mass is 31.1. The van der Waals surface area contributed by atoms with E-state index in [9.17, 15) is 4.79 Å². The molecule has 0 aromatic rings. The topological polar surface area (TPSA) is 66.6 Å². The van der Waals surface area contributed by atoms with Crippen LogP contribution in [0.4, 0.5) is 0 Å². The Morgan fingerprint density at radius 1 is 1.20 bits per heavy atom. The number of hydrogen-bond donors (Lipinski definition) is 0. The summed E-state index contributed by atoms with van der Waals surface area (Å²) in [4.78, 5) is 12.1. The quantitative estimate of drug-likeness (QED) is 0.352. The summed E-state index contributed by atoms with van der Waals surface area (Å²) in [6, 6.07) is 0. The summed E-state index contributed by atoms with van der Waals surface area (Å²) in [5, 5.41) is 13.4. The second-order valence-electron chi connectivity index (χ2n) is 9.25. The zero-order chi connectivity index (χ0) is 19.4. The van der Waals surface area contributed by atoms with E-state index in [0.29, 0.717) is 0 Å². The molecule has 0 fully saturated rings. The molecule has 6 nitrogen and oxygen atoms in total. The van der Waals surface area contributed by atoms with Crippen LogP contribution in [0.2, 0.25) is 18.1 Å². The average molecular weight is 383 g/mol. The lowest BCUT2D eigenvalue weighted by molar-refractivity contribution is -0.124. The van der Waals surface area contributed by atoms with Crippen molar-refractivity contribution in [1.29, 1.82) is 0 Å². The van der Waals surface area contributed by atoms with Gasteiger partial charge in [0.05, 0.1) is 5.71 Å². The van der Waals surface area contributed by atoms with Gasteiger partial charge in [-0.3, -0.25) is 4.79 Å². The number of nitrogens with zero attached hydrogens (tertiary/aromatic N) is 4. The summed E-state index contributed by atoms with van der Waals surface area (Å²) in [7, 11) is -3.11. The van der Waals surface area contributed by atoms with Crippen molar-refractivity contribution in [3.63, 3.8) is 0 Å². The van der Waals surface area contributed by atoms with Gasteiger partial charge in [-0.05, 0) is 25.1 Å². The van der Waals surface area contributed by atoms with Gasteiger partial charge in [0.1, 0.15) is 19.3 Å². The summed E-state index contributed by atoms with van der Waals surface area (Å²) < 4.78 is 8.29. The van der Waals surface area contributed by atoms with Gasteiger partial charge in [0.25, 0.3) is 0 Å². The number of carbonyl (C=O) groups excluding carboxylic acids is 1. The standard InChI is InChI=1S/C17H31N4O2PSi/c1-11-14-18-19-15(24(14)21(20-11)12(2)22)13(16(3,4)5)23-25(9,10)17(6,7)8/h14H,1-10H3/b15-13+/t14-,24?/m1/s1. The fraction of sp³-hybridized carbons (Fsp3) is 0.765. The molecule has 2 rings (SSSR count). The number of rotatable bonds is 2. The molecular weight excluding hydrogens is 351 g/mol. The van der Waals surface area contributed by atoms with Gasteiger partial charge >= 0.3 is 0 Å². The van der Waals surface area contributed by atoms with Crippen molar-refractivity contribution >= 4 is 28.0 Å². The molecule has 0 aliphatic carbocycles. The first-order valence-electron chi connectivity index (χ1n) is 8.66. The van der Waals surface area contributed by atoms with Gasteiger partial charge in [-0.15, -0.1) is 5.11 Å². The Morgan fingerprint density at radius 2 is 1.76 bits per heavy atom. The van der Waals surface area contributed by atoms with E-state index < -0.39 is 16.4 Å². The highest BCUT2D eigenvalue weighted by Gasteiger charge is 2.49. The Morgan fingerprint density at radius 3 is 2.20 bits per heavy atom. The molecule has 0 saturated carbocycles. The molecule has 0 aromatic carbocycles.